The number of hydrogen-bond donors (Lipinski definition) is 2. The quantitative estimate of drug-likeness (QED) is 0.796. The second-order valence-electron chi connectivity index (χ2n) is 3.54. The smallest absolute Gasteiger partial charge is 0.268 e. The molecule has 84 valence electrons. The third-order valence-electron chi connectivity index (χ3n) is 2.42. The Morgan fingerprint density at radius 1 is 1.38 bits per heavy atom. The Morgan fingerprint density at radius 2 is 2.06 bits per heavy atom. The molecule has 0 saturated carbocycles. The third kappa shape index (κ3) is 1.98. The number of ether oxygens (including phenoxy) is 1. The molecule has 2 N–H and O–H groups in total. The molecular formula is C11H13N3O2. The van der Waals surface area contributed by atoms with Crippen molar-refractivity contribution in [2.45, 2.75) is 13.0 Å². The summed E-state index contributed by atoms with van der Waals surface area (Å²) in [6, 6.07) is 7.01. The van der Waals surface area contributed by atoms with Gasteiger partial charge in [-0.25, -0.2) is 5.43 Å². The highest BCUT2D eigenvalue weighted by Gasteiger charge is 2.26. The van der Waals surface area contributed by atoms with Crippen molar-refractivity contribution < 1.29 is 9.53 Å². The SMILES string of the molecule is COc1ccc(NC2C(=O)NN=C2C)cc1. The average molecular weight is 219 g/mol. The van der Waals surface area contributed by atoms with E-state index in [1.165, 1.54) is 0 Å². The van der Waals surface area contributed by atoms with E-state index in [0.29, 0.717) is 0 Å². The van der Waals surface area contributed by atoms with E-state index >= 15 is 0 Å². The Hall–Kier alpha value is -2.04. The summed E-state index contributed by atoms with van der Waals surface area (Å²) in [5.74, 6) is 0.653. The van der Waals surface area contributed by atoms with E-state index in [4.69, 9.17) is 4.74 Å². The number of amides is 1. The first-order valence-corrected chi connectivity index (χ1v) is 4.95. The molecule has 5 nitrogen and oxygen atoms in total. The number of anilines is 1. The second-order valence-corrected chi connectivity index (χ2v) is 3.54. The molecule has 1 atom stereocenters. The van der Waals surface area contributed by atoms with E-state index in [2.05, 4.69) is 15.8 Å². The maximum absolute atomic E-state index is 11.4. The number of hydrazone groups is 1. The molecule has 2 rings (SSSR count). The summed E-state index contributed by atoms with van der Waals surface area (Å²) < 4.78 is 5.05. The highest BCUT2D eigenvalue weighted by Crippen LogP contribution is 2.16. The molecule has 1 aromatic carbocycles. The fraction of sp³-hybridized carbons (Fsp3) is 0.273. The van der Waals surface area contributed by atoms with Crippen LogP contribution in [-0.4, -0.2) is 24.8 Å². The summed E-state index contributed by atoms with van der Waals surface area (Å²) in [6.07, 6.45) is 0. The third-order valence-corrected chi connectivity index (χ3v) is 2.42. The Labute approximate surface area is 93.5 Å². The predicted molar refractivity (Wildman–Crippen MR) is 61.7 cm³/mol. The lowest BCUT2D eigenvalue weighted by molar-refractivity contribution is -0.119. The summed E-state index contributed by atoms with van der Waals surface area (Å²) in [4.78, 5) is 11.4. The number of benzene rings is 1. The Balaban J connectivity index is 2.09. The average Bonchev–Trinajstić information content (AvgIpc) is 2.62. The molecule has 16 heavy (non-hydrogen) atoms. The van der Waals surface area contributed by atoms with Gasteiger partial charge in [0.2, 0.25) is 0 Å². The first-order valence-electron chi connectivity index (χ1n) is 4.95. The van der Waals surface area contributed by atoms with Crippen LogP contribution in [0.5, 0.6) is 5.75 Å². The highest BCUT2D eigenvalue weighted by atomic mass is 16.5. The number of rotatable bonds is 3. The zero-order chi connectivity index (χ0) is 11.5. The molecule has 1 amide bonds. The molecular weight excluding hydrogens is 206 g/mol. The number of hydrogen-bond acceptors (Lipinski definition) is 4. The molecule has 1 aromatic rings. The van der Waals surface area contributed by atoms with Crippen LogP contribution in [0.15, 0.2) is 29.4 Å². The van der Waals surface area contributed by atoms with Gasteiger partial charge in [-0.2, -0.15) is 5.10 Å². The van der Waals surface area contributed by atoms with Gasteiger partial charge in [-0.1, -0.05) is 0 Å². The van der Waals surface area contributed by atoms with Crippen molar-refractivity contribution in [1.29, 1.82) is 0 Å². The molecule has 0 fully saturated rings. The molecule has 0 aromatic heterocycles. The molecule has 0 aliphatic carbocycles. The van der Waals surface area contributed by atoms with E-state index in [0.717, 1.165) is 17.1 Å². The lowest BCUT2D eigenvalue weighted by Gasteiger charge is -2.12. The van der Waals surface area contributed by atoms with Crippen LogP contribution in [0.2, 0.25) is 0 Å². The molecule has 1 aliphatic rings. The van der Waals surface area contributed by atoms with Gasteiger partial charge in [-0.3, -0.25) is 4.79 Å². The van der Waals surface area contributed by atoms with E-state index in [1.807, 2.05) is 24.3 Å². The zero-order valence-corrected chi connectivity index (χ0v) is 9.15. The fourth-order valence-corrected chi connectivity index (χ4v) is 1.49. The number of nitrogens with one attached hydrogen (secondary N) is 2. The Bertz CT molecular complexity index is 425. The van der Waals surface area contributed by atoms with Crippen LogP contribution in [0.3, 0.4) is 0 Å². The lowest BCUT2D eigenvalue weighted by Crippen LogP contribution is -2.35. The number of methoxy groups -OCH3 is 1. The number of nitrogens with zero attached hydrogens (tertiary/aromatic N) is 1. The summed E-state index contributed by atoms with van der Waals surface area (Å²) in [5.41, 5.74) is 4.02. The minimum absolute atomic E-state index is 0.131. The topological polar surface area (TPSA) is 62.7 Å². The molecule has 0 radical (unpaired) electrons. The summed E-state index contributed by atoms with van der Waals surface area (Å²) >= 11 is 0. The second kappa shape index (κ2) is 4.22. The maximum Gasteiger partial charge on any atom is 0.268 e. The zero-order valence-electron chi connectivity index (χ0n) is 9.15. The van der Waals surface area contributed by atoms with Crippen molar-refractivity contribution >= 4 is 17.3 Å². The first kappa shape index (κ1) is 10.5. The Morgan fingerprint density at radius 3 is 2.56 bits per heavy atom. The van der Waals surface area contributed by atoms with E-state index in [9.17, 15) is 4.79 Å². The molecule has 0 spiro atoms. The molecule has 0 bridgehead atoms. The monoisotopic (exact) mass is 219 g/mol. The molecule has 1 unspecified atom stereocenters. The Kier molecular flexibility index (Phi) is 2.76. The molecule has 1 aliphatic heterocycles. The largest absolute Gasteiger partial charge is 0.497 e. The summed E-state index contributed by atoms with van der Waals surface area (Å²) in [7, 11) is 1.61. The van der Waals surface area contributed by atoms with Gasteiger partial charge in [0.1, 0.15) is 11.8 Å². The van der Waals surface area contributed by atoms with Gasteiger partial charge >= 0.3 is 0 Å². The van der Waals surface area contributed by atoms with Crippen molar-refractivity contribution in [3.8, 4) is 5.75 Å². The van der Waals surface area contributed by atoms with Gasteiger partial charge in [-0.15, -0.1) is 0 Å². The van der Waals surface area contributed by atoms with Crippen molar-refractivity contribution in [3.05, 3.63) is 24.3 Å². The molecule has 0 saturated heterocycles. The van der Waals surface area contributed by atoms with Crippen LogP contribution in [0.25, 0.3) is 0 Å². The summed E-state index contributed by atoms with van der Waals surface area (Å²) in [5, 5.41) is 6.95. The van der Waals surface area contributed by atoms with Crippen LogP contribution < -0.4 is 15.5 Å². The highest BCUT2D eigenvalue weighted by molar-refractivity contribution is 6.12. The van der Waals surface area contributed by atoms with Crippen molar-refractivity contribution in [2.75, 3.05) is 12.4 Å². The van der Waals surface area contributed by atoms with Crippen molar-refractivity contribution in [3.63, 3.8) is 0 Å². The fourth-order valence-electron chi connectivity index (χ4n) is 1.49. The molecule has 5 heteroatoms. The van der Waals surface area contributed by atoms with Gasteiger partial charge in [-0.05, 0) is 31.2 Å². The van der Waals surface area contributed by atoms with Crippen LogP contribution in [0.1, 0.15) is 6.92 Å². The normalized spacial score (nSPS) is 19.0. The lowest BCUT2D eigenvalue weighted by atomic mass is 10.2. The van der Waals surface area contributed by atoms with Gasteiger partial charge in [0.25, 0.3) is 5.91 Å². The van der Waals surface area contributed by atoms with Crippen LogP contribution in [0.4, 0.5) is 5.69 Å². The predicted octanol–water partition coefficient (Wildman–Crippen LogP) is 0.981. The van der Waals surface area contributed by atoms with Gasteiger partial charge in [0, 0.05) is 5.69 Å². The number of carbonyl (C=O) groups is 1. The van der Waals surface area contributed by atoms with Crippen LogP contribution in [0, 0.1) is 0 Å². The maximum atomic E-state index is 11.4. The van der Waals surface area contributed by atoms with Crippen molar-refractivity contribution in [2.24, 2.45) is 5.10 Å². The van der Waals surface area contributed by atoms with Gasteiger partial charge < -0.3 is 10.1 Å². The van der Waals surface area contributed by atoms with Gasteiger partial charge in [0.05, 0.1) is 12.8 Å². The summed E-state index contributed by atoms with van der Waals surface area (Å²) in [6.45, 7) is 1.80. The minimum Gasteiger partial charge on any atom is -0.497 e. The van der Waals surface area contributed by atoms with E-state index in [-0.39, 0.29) is 11.9 Å². The first-order chi connectivity index (χ1) is 7.70. The van der Waals surface area contributed by atoms with E-state index in [1.54, 1.807) is 14.0 Å². The van der Waals surface area contributed by atoms with Gasteiger partial charge in [0.15, 0.2) is 0 Å². The molecule has 1 heterocycles. The van der Waals surface area contributed by atoms with Crippen LogP contribution in [-0.2, 0) is 4.79 Å². The standard InChI is InChI=1S/C11H13N3O2/c1-7-10(11(15)14-13-7)12-8-3-5-9(16-2)6-4-8/h3-6,10,12H,1-2H3,(H,14,15). The van der Waals surface area contributed by atoms with E-state index < -0.39 is 0 Å². The van der Waals surface area contributed by atoms with Crippen LogP contribution >= 0.6 is 0 Å². The number of carbonyl (C=O) groups excluding carboxylic acids is 1. The van der Waals surface area contributed by atoms with Crippen molar-refractivity contribution in [1.82, 2.24) is 5.43 Å². The minimum atomic E-state index is -0.381.